The van der Waals surface area contributed by atoms with Gasteiger partial charge < -0.3 is 10.2 Å². The molecule has 3 aromatic rings. The number of nitrogens with zero attached hydrogens (tertiary/aromatic N) is 4. The summed E-state index contributed by atoms with van der Waals surface area (Å²) in [5.74, 6) is 0.657. The lowest BCUT2D eigenvalue weighted by atomic mass is 10.2. The normalized spacial score (nSPS) is 10.8. The van der Waals surface area contributed by atoms with Crippen molar-refractivity contribution in [1.29, 1.82) is 0 Å². The molecule has 0 bridgehead atoms. The van der Waals surface area contributed by atoms with Crippen molar-refractivity contribution < 1.29 is 0 Å². The molecule has 0 fully saturated rings. The maximum Gasteiger partial charge on any atom is 0.332 e. The first kappa shape index (κ1) is 15.8. The Morgan fingerprint density at radius 2 is 1.71 bits per heavy atom. The lowest BCUT2D eigenvalue weighted by Gasteiger charge is -2.17. The molecule has 0 aliphatic heterocycles. The summed E-state index contributed by atoms with van der Waals surface area (Å²) in [5.41, 5.74) is 1.05. The summed E-state index contributed by atoms with van der Waals surface area (Å²) < 4.78 is 2.48. The SMILES string of the molecule is CN(C)c1cc(Nc2ccccc2)c2c(=O)n(C)c(=O)n(C)c2n1. The van der Waals surface area contributed by atoms with Gasteiger partial charge in [-0.05, 0) is 12.1 Å². The molecule has 2 heterocycles. The number of pyridine rings is 1. The molecule has 0 aliphatic carbocycles. The molecule has 0 unspecified atom stereocenters. The highest BCUT2D eigenvalue weighted by atomic mass is 16.2. The third-order valence-corrected chi connectivity index (χ3v) is 3.91. The third-order valence-electron chi connectivity index (χ3n) is 3.91. The highest BCUT2D eigenvalue weighted by Gasteiger charge is 2.16. The molecule has 7 nitrogen and oxygen atoms in total. The zero-order valence-electron chi connectivity index (χ0n) is 14.1. The van der Waals surface area contributed by atoms with E-state index in [4.69, 9.17) is 0 Å². The Kier molecular flexibility index (Phi) is 3.84. The maximum absolute atomic E-state index is 12.6. The lowest BCUT2D eigenvalue weighted by Crippen LogP contribution is -2.37. The number of rotatable bonds is 3. The number of nitrogens with one attached hydrogen (secondary N) is 1. The van der Waals surface area contributed by atoms with Crippen LogP contribution in [-0.4, -0.2) is 28.2 Å². The molecule has 3 rings (SSSR count). The van der Waals surface area contributed by atoms with Crippen LogP contribution < -0.4 is 21.5 Å². The molecule has 0 saturated carbocycles. The Labute approximate surface area is 138 Å². The van der Waals surface area contributed by atoms with Crippen LogP contribution in [0.1, 0.15) is 0 Å². The average molecular weight is 325 g/mol. The van der Waals surface area contributed by atoms with Crippen molar-refractivity contribution in [3.8, 4) is 0 Å². The van der Waals surface area contributed by atoms with E-state index < -0.39 is 5.69 Å². The number of benzene rings is 1. The molecule has 0 saturated heterocycles. The molecule has 1 N–H and O–H groups in total. The largest absolute Gasteiger partial charge is 0.363 e. The van der Waals surface area contributed by atoms with Crippen molar-refractivity contribution in [2.45, 2.75) is 0 Å². The fourth-order valence-electron chi connectivity index (χ4n) is 2.55. The number of aryl methyl sites for hydroxylation is 1. The van der Waals surface area contributed by atoms with Crippen molar-refractivity contribution in [3.63, 3.8) is 0 Å². The van der Waals surface area contributed by atoms with Gasteiger partial charge >= 0.3 is 5.69 Å². The van der Waals surface area contributed by atoms with E-state index in [0.29, 0.717) is 22.5 Å². The molecule has 0 radical (unpaired) electrons. The second kappa shape index (κ2) is 5.84. The summed E-state index contributed by atoms with van der Waals surface area (Å²) in [5, 5.41) is 3.64. The van der Waals surface area contributed by atoms with Crippen LogP contribution in [0.25, 0.3) is 11.0 Å². The summed E-state index contributed by atoms with van der Waals surface area (Å²) in [4.78, 5) is 31.2. The van der Waals surface area contributed by atoms with Gasteiger partial charge in [-0.15, -0.1) is 0 Å². The Bertz CT molecular complexity index is 1020. The average Bonchev–Trinajstić information content (AvgIpc) is 2.58. The van der Waals surface area contributed by atoms with Crippen molar-refractivity contribution in [1.82, 2.24) is 14.1 Å². The monoisotopic (exact) mass is 325 g/mol. The van der Waals surface area contributed by atoms with Crippen LogP contribution in [0.2, 0.25) is 0 Å². The van der Waals surface area contributed by atoms with Crippen LogP contribution in [0.5, 0.6) is 0 Å². The quantitative estimate of drug-likeness (QED) is 0.789. The minimum atomic E-state index is -0.401. The fourth-order valence-corrected chi connectivity index (χ4v) is 2.55. The van der Waals surface area contributed by atoms with E-state index in [0.717, 1.165) is 10.3 Å². The third kappa shape index (κ3) is 2.54. The number of hydrogen-bond donors (Lipinski definition) is 1. The highest BCUT2D eigenvalue weighted by Crippen LogP contribution is 2.26. The molecular formula is C17H19N5O2. The molecule has 24 heavy (non-hydrogen) atoms. The lowest BCUT2D eigenvalue weighted by molar-refractivity contribution is 0.707. The molecule has 1 aromatic carbocycles. The van der Waals surface area contributed by atoms with Gasteiger partial charge in [0.25, 0.3) is 5.56 Å². The van der Waals surface area contributed by atoms with Gasteiger partial charge in [-0.3, -0.25) is 13.9 Å². The van der Waals surface area contributed by atoms with Gasteiger partial charge in [0.1, 0.15) is 11.2 Å². The Morgan fingerprint density at radius 1 is 1.04 bits per heavy atom. The topological polar surface area (TPSA) is 72.2 Å². The minimum Gasteiger partial charge on any atom is -0.363 e. The Morgan fingerprint density at radius 3 is 2.33 bits per heavy atom. The smallest absolute Gasteiger partial charge is 0.332 e. The summed E-state index contributed by atoms with van der Waals surface area (Å²) in [7, 11) is 6.80. The first-order valence-corrected chi connectivity index (χ1v) is 7.50. The molecule has 7 heteroatoms. The number of fused-ring (bicyclic) bond motifs is 1. The molecule has 0 atom stereocenters. The summed E-state index contributed by atoms with van der Waals surface area (Å²) >= 11 is 0. The van der Waals surface area contributed by atoms with Gasteiger partial charge in [0.2, 0.25) is 0 Å². The van der Waals surface area contributed by atoms with E-state index in [1.54, 1.807) is 13.1 Å². The van der Waals surface area contributed by atoms with Crippen LogP contribution in [0.4, 0.5) is 17.2 Å². The van der Waals surface area contributed by atoms with E-state index in [-0.39, 0.29) is 5.56 Å². The van der Waals surface area contributed by atoms with Crippen LogP contribution in [0.15, 0.2) is 46.0 Å². The number of anilines is 3. The second-order valence-corrected chi connectivity index (χ2v) is 5.82. The fraction of sp³-hybridized carbons (Fsp3) is 0.235. The zero-order chi connectivity index (χ0) is 17.4. The van der Waals surface area contributed by atoms with Gasteiger partial charge in [0.05, 0.1) is 5.69 Å². The van der Waals surface area contributed by atoms with Gasteiger partial charge in [0.15, 0.2) is 5.65 Å². The molecule has 124 valence electrons. The summed E-state index contributed by atoms with van der Waals surface area (Å²) in [6.07, 6.45) is 0. The van der Waals surface area contributed by atoms with Crippen LogP contribution in [-0.2, 0) is 14.1 Å². The van der Waals surface area contributed by atoms with E-state index in [1.807, 2.05) is 49.3 Å². The Hall–Kier alpha value is -3.09. The number of aromatic nitrogens is 3. The molecule has 0 amide bonds. The van der Waals surface area contributed by atoms with Gasteiger partial charge in [0, 0.05) is 39.9 Å². The Balaban J connectivity index is 2.38. The highest BCUT2D eigenvalue weighted by molar-refractivity contribution is 5.92. The van der Waals surface area contributed by atoms with Crippen molar-refractivity contribution in [2.24, 2.45) is 14.1 Å². The number of para-hydroxylation sites is 1. The van der Waals surface area contributed by atoms with E-state index >= 15 is 0 Å². The van der Waals surface area contributed by atoms with E-state index in [9.17, 15) is 9.59 Å². The minimum absolute atomic E-state index is 0.354. The van der Waals surface area contributed by atoms with Crippen molar-refractivity contribution in [2.75, 3.05) is 24.3 Å². The zero-order valence-corrected chi connectivity index (χ0v) is 14.1. The molecular weight excluding hydrogens is 306 g/mol. The maximum atomic E-state index is 12.6. The second-order valence-electron chi connectivity index (χ2n) is 5.82. The number of hydrogen-bond acceptors (Lipinski definition) is 5. The summed E-state index contributed by atoms with van der Waals surface area (Å²) in [6, 6.07) is 11.4. The summed E-state index contributed by atoms with van der Waals surface area (Å²) in [6.45, 7) is 0. The first-order chi connectivity index (χ1) is 11.4. The molecule has 0 spiro atoms. The van der Waals surface area contributed by atoms with E-state index in [1.165, 1.54) is 11.6 Å². The van der Waals surface area contributed by atoms with Crippen LogP contribution in [0.3, 0.4) is 0 Å². The standard InChI is InChI=1S/C17H19N5O2/c1-20(2)13-10-12(18-11-8-6-5-7-9-11)14-15(19-13)21(3)17(24)22(4)16(14)23/h5-10H,1-4H3,(H,18,19). The molecule has 0 aliphatic rings. The van der Waals surface area contributed by atoms with Gasteiger partial charge in [-0.25, -0.2) is 9.78 Å². The van der Waals surface area contributed by atoms with Gasteiger partial charge in [-0.1, -0.05) is 18.2 Å². The predicted molar refractivity (Wildman–Crippen MR) is 96.3 cm³/mol. The first-order valence-electron chi connectivity index (χ1n) is 7.50. The van der Waals surface area contributed by atoms with Crippen LogP contribution in [0, 0.1) is 0 Å². The van der Waals surface area contributed by atoms with Gasteiger partial charge in [-0.2, -0.15) is 0 Å². The van der Waals surface area contributed by atoms with Crippen molar-refractivity contribution in [3.05, 3.63) is 57.2 Å². The molecule has 2 aromatic heterocycles. The van der Waals surface area contributed by atoms with Crippen molar-refractivity contribution >= 4 is 28.2 Å². The van der Waals surface area contributed by atoms with E-state index in [2.05, 4.69) is 10.3 Å². The predicted octanol–water partition coefficient (Wildman–Crippen LogP) is 1.44. The van der Waals surface area contributed by atoms with Crippen LogP contribution >= 0.6 is 0 Å².